The first-order valence-corrected chi connectivity index (χ1v) is 10.3. The van der Waals surface area contributed by atoms with Crippen molar-refractivity contribution in [3.63, 3.8) is 0 Å². The zero-order chi connectivity index (χ0) is 19.9. The highest BCUT2D eigenvalue weighted by Crippen LogP contribution is 2.14. The van der Waals surface area contributed by atoms with E-state index < -0.39 is 0 Å². The molecule has 0 saturated heterocycles. The highest BCUT2D eigenvalue weighted by atomic mass is 79.9. The van der Waals surface area contributed by atoms with E-state index in [-0.39, 0.29) is 23.3 Å². The number of hydrogen-bond acceptors (Lipinski definition) is 6. The number of benzene rings is 1. The number of aromatic nitrogens is 3. The number of nitrogens with zero attached hydrogens (tertiary/aromatic N) is 3. The van der Waals surface area contributed by atoms with Gasteiger partial charge in [0.2, 0.25) is 11.8 Å². The number of rotatable bonds is 8. The number of hydrogen-bond donors (Lipinski definition) is 2. The van der Waals surface area contributed by atoms with Crippen molar-refractivity contribution in [2.75, 3.05) is 22.1 Å². The maximum atomic E-state index is 12.2. The first kappa shape index (κ1) is 20.2. The van der Waals surface area contributed by atoms with E-state index >= 15 is 0 Å². The summed E-state index contributed by atoms with van der Waals surface area (Å²) in [5.41, 5.74) is 1.07. The van der Waals surface area contributed by atoms with Crippen LogP contribution in [0.25, 0.3) is 0 Å². The Morgan fingerprint density at radius 2 is 1.86 bits per heavy atom. The summed E-state index contributed by atoms with van der Waals surface area (Å²) in [4.78, 5) is 24.0. The fraction of sp³-hybridized carbons (Fsp3) is 0.222. The summed E-state index contributed by atoms with van der Waals surface area (Å²) in [6, 6.07) is 11.3. The lowest BCUT2D eigenvalue weighted by Crippen LogP contribution is -2.20. The second-order valence-corrected chi connectivity index (χ2v) is 7.81. The molecule has 0 saturated carbocycles. The van der Waals surface area contributed by atoms with Gasteiger partial charge in [0.25, 0.3) is 0 Å². The van der Waals surface area contributed by atoms with Crippen molar-refractivity contribution in [2.45, 2.75) is 13.5 Å². The van der Waals surface area contributed by atoms with Crippen molar-refractivity contribution < 1.29 is 14.1 Å². The fourth-order valence-corrected chi connectivity index (χ4v) is 3.23. The molecule has 1 aromatic carbocycles. The molecular weight excluding hydrogens is 446 g/mol. The van der Waals surface area contributed by atoms with Crippen molar-refractivity contribution in [1.82, 2.24) is 14.9 Å². The van der Waals surface area contributed by atoms with Gasteiger partial charge in [-0.1, -0.05) is 33.2 Å². The van der Waals surface area contributed by atoms with Crippen molar-refractivity contribution in [3.05, 3.63) is 58.4 Å². The number of carbonyl (C=O) groups is 2. The minimum Gasteiger partial charge on any atom is -0.360 e. The van der Waals surface area contributed by atoms with E-state index in [1.165, 1.54) is 11.8 Å². The third-order valence-corrected chi connectivity index (χ3v) is 5.05. The fourth-order valence-electron chi connectivity index (χ4n) is 2.35. The lowest BCUT2D eigenvalue weighted by Gasteiger charge is -2.09. The molecule has 146 valence electrons. The molecule has 0 aliphatic carbocycles. The number of thioether (sulfide) groups is 1. The van der Waals surface area contributed by atoms with E-state index in [9.17, 15) is 9.59 Å². The van der Waals surface area contributed by atoms with Gasteiger partial charge in [-0.05, 0) is 24.6 Å². The van der Waals surface area contributed by atoms with E-state index in [0.717, 1.165) is 10.0 Å². The van der Waals surface area contributed by atoms with Gasteiger partial charge in [-0.15, -0.1) is 11.8 Å². The van der Waals surface area contributed by atoms with Crippen LogP contribution in [0.15, 0.2) is 51.6 Å². The molecule has 3 aromatic rings. The van der Waals surface area contributed by atoms with Crippen molar-refractivity contribution in [3.8, 4) is 0 Å². The Balaban J connectivity index is 1.44. The lowest BCUT2D eigenvalue weighted by atomic mass is 10.2. The predicted octanol–water partition coefficient (Wildman–Crippen LogP) is 3.30. The quantitative estimate of drug-likeness (QED) is 0.531. The van der Waals surface area contributed by atoms with Gasteiger partial charge in [-0.2, -0.15) is 5.10 Å². The molecule has 0 aliphatic heterocycles. The highest BCUT2D eigenvalue weighted by Gasteiger charge is 2.11. The summed E-state index contributed by atoms with van der Waals surface area (Å²) in [5, 5.41) is 13.4. The van der Waals surface area contributed by atoms with Crippen LogP contribution in [0.1, 0.15) is 11.3 Å². The average Bonchev–Trinajstić information content (AvgIpc) is 3.26. The molecule has 2 aromatic heterocycles. The maximum Gasteiger partial charge on any atom is 0.235 e. The van der Waals surface area contributed by atoms with Crippen LogP contribution in [-0.4, -0.2) is 38.3 Å². The first-order valence-electron chi connectivity index (χ1n) is 8.36. The van der Waals surface area contributed by atoms with Gasteiger partial charge in [-0.3, -0.25) is 9.59 Å². The van der Waals surface area contributed by atoms with E-state index in [4.69, 9.17) is 4.52 Å². The van der Waals surface area contributed by atoms with Crippen molar-refractivity contribution in [2.24, 2.45) is 0 Å². The monoisotopic (exact) mass is 463 g/mol. The number of amides is 2. The Hall–Kier alpha value is -2.59. The van der Waals surface area contributed by atoms with Gasteiger partial charge in [0.15, 0.2) is 5.82 Å². The van der Waals surface area contributed by atoms with Gasteiger partial charge in [0.05, 0.1) is 24.2 Å². The molecule has 10 heteroatoms. The summed E-state index contributed by atoms with van der Waals surface area (Å²) in [6.45, 7) is 2.28. The summed E-state index contributed by atoms with van der Waals surface area (Å²) < 4.78 is 7.60. The molecule has 0 bridgehead atoms. The van der Waals surface area contributed by atoms with Crippen LogP contribution >= 0.6 is 27.7 Å². The number of halogens is 1. The molecule has 0 fully saturated rings. The van der Waals surface area contributed by atoms with Crippen molar-refractivity contribution >= 4 is 51.1 Å². The van der Waals surface area contributed by atoms with E-state index in [2.05, 4.69) is 36.8 Å². The summed E-state index contributed by atoms with van der Waals surface area (Å²) in [7, 11) is 0. The van der Waals surface area contributed by atoms with Crippen molar-refractivity contribution in [1.29, 1.82) is 0 Å². The zero-order valence-electron chi connectivity index (χ0n) is 15.0. The second kappa shape index (κ2) is 9.56. The summed E-state index contributed by atoms with van der Waals surface area (Å²) in [5.74, 6) is 1.42. The molecular formula is C18H18BrN5O3S. The van der Waals surface area contributed by atoms with E-state index in [1.807, 2.05) is 24.3 Å². The van der Waals surface area contributed by atoms with Gasteiger partial charge < -0.3 is 15.2 Å². The molecule has 0 aliphatic rings. The van der Waals surface area contributed by atoms with Gasteiger partial charge in [-0.25, -0.2) is 4.68 Å². The summed E-state index contributed by atoms with van der Waals surface area (Å²) in [6.07, 6.45) is 1.63. The van der Waals surface area contributed by atoms with E-state index in [0.29, 0.717) is 23.9 Å². The van der Waals surface area contributed by atoms with Crippen LogP contribution < -0.4 is 10.6 Å². The Morgan fingerprint density at radius 3 is 2.54 bits per heavy atom. The predicted molar refractivity (Wildman–Crippen MR) is 111 cm³/mol. The molecule has 2 heterocycles. The second-order valence-electron chi connectivity index (χ2n) is 5.91. The topological polar surface area (TPSA) is 102 Å². The lowest BCUT2D eigenvalue weighted by molar-refractivity contribution is -0.114. The van der Waals surface area contributed by atoms with Crippen LogP contribution in [0, 0.1) is 6.92 Å². The first-order chi connectivity index (χ1) is 13.5. The minimum absolute atomic E-state index is 0.136. The molecule has 0 spiro atoms. The molecule has 2 amide bonds. The van der Waals surface area contributed by atoms with Crippen LogP contribution in [0.2, 0.25) is 0 Å². The Kier molecular flexibility index (Phi) is 6.88. The third kappa shape index (κ3) is 5.96. The molecule has 2 N–H and O–H groups in total. The Bertz CT molecular complexity index is 954. The largest absolute Gasteiger partial charge is 0.360 e. The maximum absolute atomic E-state index is 12.2. The smallest absolute Gasteiger partial charge is 0.235 e. The molecule has 28 heavy (non-hydrogen) atoms. The van der Waals surface area contributed by atoms with Crippen LogP contribution in [0.3, 0.4) is 0 Å². The minimum atomic E-state index is -0.244. The molecule has 0 radical (unpaired) electrons. The Labute approximate surface area is 174 Å². The average molecular weight is 464 g/mol. The van der Waals surface area contributed by atoms with E-state index in [1.54, 1.807) is 29.9 Å². The number of aryl methyl sites for hydroxylation is 1. The molecule has 0 unspecified atom stereocenters. The van der Waals surface area contributed by atoms with Crippen LogP contribution in [0.4, 0.5) is 11.6 Å². The number of carbonyl (C=O) groups excluding carboxylic acids is 2. The third-order valence-electron chi connectivity index (χ3n) is 3.59. The van der Waals surface area contributed by atoms with Gasteiger partial charge in [0.1, 0.15) is 11.6 Å². The molecule has 0 atom stereocenters. The Morgan fingerprint density at radius 1 is 1.14 bits per heavy atom. The molecule has 3 rings (SSSR count). The SMILES string of the molecule is Cc1cc(NC(=O)CSCC(=O)Nc2ccnn2Cc2ccc(Br)cc2)no1. The normalized spacial score (nSPS) is 10.6. The van der Waals surface area contributed by atoms with Crippen LogP contribution in [-0.2, 0) is 16.1 Å². The van der Waals surface area contributed by atoms with Gasteiger partial charge in [0, 0.05) is 16.6 Å². The number of anilines is 2. The zero-order valence-corrected chi connectivity index (χ0v) is 17.4. The van der Waals surface area contributed by atoms with Crippen LogP contribution in [0.5, 0.6) is 0 Å². The number of nitrogens with one attached hydrogen (secondary N) is 2. The summed E-state index contributed by atoms with van der Waals surface area (Å²) >= 11 is 4.62. The molecule has 8 nitrogen and oxygen atoms in total. The van der Waals surface area contributed by atoms with Gasteiger partial charge >= 0.3 is 0 Å². The highest BCUT2D eigenvalue weighted by molar-refractivity contribution is 9.10. The standard InChI is InChI=1S/C18H18BrN5O3S/c1-12-8-15(23-27-12)21-17(25)10-28-11-18(26)22-16-6-7-20-24(16)9-13-2-4-14(19)5-3-13/h2-8H,9-11H2,1H3,(H,22,26)(H,21,23,25).